The van der Waals surface area contributed by atoms with Gasteiger partial charge in [-0.15, -0.1) is 0 Å². The van der Waals surface area contributed by atoms with Gasteiger partial charge in [0.15, 0.2) is 5.11 Å². The van der Waals surface area contributed by atoms with Crippen molar-refractivity contribution >= 4 is 23.0 Å². The molecule has 126 valence electrons. The molecule has 0 aromatic heterocycles. The summed E-state index contributed by atoms with van der Waals surface area (Å²) >= 11 is 5.54. The predicted octanol–water partition coefficient (Wildman–Crippen LogP) is 4.97. The predicted molar refractivity (Wildman–Crippen MR) is 102 cm³/mol. The summed E-state index contributed by atoms with van der Waals surface area (Å²) in [5.41, 5.74) is 4.47. The summed E-state index contributed by atoms with van der Waals surface area (Å²) in [6.45, 7) is 2.14. The Morgan fingerprint density at radius 2 is 1.58 bits per heavy atom. The van der Waals surface area contributed by atoms with E-state index in [2.05, 4.69) is 36.5 Å². The first-order chi connectivity index (χ1) is 11.6. The molecule has 0 amide bonds. The molecule has 0 radical (unpaired) electrons. The maximum absolute atomic E-state index is 5.54. The molecule has 1 unspecified atom stereocenters. The zero-order chi connectivity index (χ0) is 16.3. The lowest BCUT2D eigenvalue weighted by molar-refractivity contribution is -0.0136. The van der Waals surface area contributed by atoms with Gasteiger partial charge < -0.3 is 5.32 Å². The van der Waals surface area contributed by atoms with Gasteiger partial charge in [0.05, 0.1) is 6.04 Å². The summed E-state index contributed by atoms with van der Waals surface area (Å²) in [6, 6.07) is 9.21. The third kappa shape index (κ3) is 2.44. The van der Waals surface area contributed by atoms with Gasteiger partial charge in [-0.25, -0.2) is 4.99 Å². The third-order valence-corrected chi connectivity index (χ3v) is 7.27. The van der Waals surface area contributed by atoms with E-state index in [0.29, 0.717) is 16.6 Å². The molecule has 4 saturated carbocycles. The molecule has 3 heteroatoms. The van der Waals surface area contributed by atoms with E-state index in [1.807, 2.05) is 0 Å². The van der Waals surface area contributed by atoms with Gasteiger partial charge in [-0.3, -0.25) is 0 Å². The Balaban J connectivity index is 1.45. The first-order valence-electron chi connectivity index (χ1n) is 9.55. The summed E-state index contributed by atoms with van der Waals surface area (Å²) in [5, 5.41) is 4.16. The van der Waals surface area contributed by atoms with Crippen LogP contribution < -0.4 is 5.32 Å². The van der Waals surface area contributed by atoms with Crippen LogP contribution in [0.25, 0.3) is 0 Å². The minimum Gasteiger partial charge on any atom is -0.354 e. The Morgan fingerprint density at radius 3 is 2.17 bits per heavy atom. The second kappa shape index (κ2) is 5.39. The molecule has 1 atom stereocenters. The maximum Gasteiger partial charge on any atom is 0.193 e. The van der Waals surface area contributed by atoms with Crippen LogP contribution in [0.1, 0.15) is 62.1 Å². The summed E-state index contributed by atoms with van der Waals surface area (Å²) in [7, 11) is 0. The fourth-order valence-electron chi connectivity index (χ4n) is 6.39. The highest BCUT2D eigenvalue weighted by Gasteiger charge is 2.53. The molecule has 1 N–H and O–H groups in total. The number of hydrogen-bond acceptors (Lipinski definition) is 1. The highest BCUT2D eigenvalue weighted by Crippen LogP contribution is 2.61. The van der Waals surface area contributed by atoms with Crippen LogP contribution in [0.3, 0.4) is 0 Å². The van der Waals surface area contributed by atoms with E-state index in [9.17, 15) is 0 Å². The number of rotatable bonds is 2. The molecule has 4 aliphatic carbocycles. The molecule has 6 rings (SSSR count). The molecule has 2 nitrogen and oxygen atoms in total. The molecule has 4 fully saturated rings. The minimum absolute atomic E-state index is 0.304. The molecule has 5 aliphatic rings. The minimum atomic E-state index is 0.304. The van der Waals surface area contributed by atoms with Crippen LogP contribution in [0.2, 0.25) is 0 Å². The lowest BCUT2D eigenvalue weighted by atomic mass is 9.48. The monoisotopic (exact) mass is 338 g/mol. The van der Waals surface area contributed by atoms with Gasteiger partial charge in [-0.1, -0.05) is 29.8 Å². The van der Waals surface area contributed by atoms with Gasteiger partial charge in [0.1, 0.15) is 0 Å². The van der Waals surface area contributed by atoms with E-state index >= 15 is 0 Å². The van der Waals surface area contributed by atoms with E-state index < -0.39 is 0 Å². The van der Waals surface area contributed by atoms with Gasteiger partial charge >= 0.3 is 0 Å². The molecular weight excluding hydrogens is 312 g/mol. The highest BCUT2D eigenvalue weighted by atomic mass is 32.1. The van der Waals surface area contributed by atoms with E-state index in [-0.39, 0.29) is 0 Å². The zero-order valence-corrected chi connectivity index (χ0v) is 15.2. The van der Waals surface area contributed by atoms with Crippen LogP contribution in [0.4, 0.5) is 0 Å². The standard InChI is InChI=1S/C21H26N2S/c1-13-2-4-17(5-3-13)18-9-19(23-20(24)22-18)21-10-14-6-15(11-21)8-16(7-14)12-21/h2-5,14-16,18H,6-12H2,1H3,(H,22,24). The molecule has 1 aliphatic heterocycles. The fourth-order valence-corrected chi connectivity index (χ4v) is 6.65. The first kappa shape index (κ1) is 15.1. The van der Waals surface area contributed by atoms with Crippen LogP contribution in [0, 0.1) is 30.1 Å². The number of nitrogens with zero attached hydrogens (tertiary/aromatic N) is 1. The SMILES string of the molecule is Cc1ccc(C2CC(C34CC5CC(CC(C5)C3)C4)=NC(=S)N2)cc1. The second-order valence-corrected chi connectivity index (χ2v) is 9.26. The number of aryl methyl sites for hydroxylation is 1. The van der Waals surface area contributed by atoms with Crippen LogP contribution >= 0.6 is 12.2 Å². The van der Waals surface area contributed by atoms with Crippen molar-refractivity contribution in [2.75, 3.05) is 0 Å². The molecule has 1 aromatic carbocycles. The van der Waals surface area contributed by atoms with Crippen LogP contribution in [0.15, 0.2) is 29.3 Å². The summed E-state index contributed by atoms with van der Waals surface area (Å²) in [6.07, 6.45) is 9.61. The molecular formula is C21H26N2S. The van der Waals surface area contributed by atoms with Crippen molar-refractivity contribution in [3.63, 3.8) is 0 Å². The Kier molecular flexibility index (Phi) is 3.38. The summed E-state index contributed by atoms with van der Waals surface area (Å²) in [5.74, 6) is 2.88. The average Bonchev–Trinajstić information content (AvgIpc) is 2.54. The smallest absolute Gasteiger partial charge is 0.193 e. The van der Waals surface area contributed by atoms with Gasteiger partial charge in [-0.05, 0) is 81.0 Å². The van der Waals surface area contributed by atoms with Crippen LogP contribution in [0.5, 0.6) is 0 Å². The van der Waals surface area contributed by atoms with Crippen molar-refractivity contribution in [3.05, 3.63) is 35.4 Å². The molecule has 0 spiro atoms. The van der Waals surface area contributed by atoms with E-state index in [1.165, 1.54) is 55.4 Å². The molecule has 0 saturated heterocycles. The summed E-state index contributed by atoms with van der Waals surface area (Å²) < 4.78 is 0. The van der Waals surface area contributed by atoms with Crippen molar-refractivity contribution < 1.29 is 0 Å². The Bertz CT molecular complexity index is 668. The second-order valence-electron chi connectivity index (χ2n) is 8.87. The average molecular weight is 339 g/mol. The lowest BCUT2D eigenvalue weighted by Gasteiger charge is -2.57. The van der Waals surface area contributed by atoms with Crippen molar-refractivity contribution in [2.24, 2.45) is 28.2 Å². The first-order valence-corrected chi connectivity index (χ1v) is 9.95. The zero-order valence-electron chi connectivity index (χ0n) is 14.4. The van der Waals surface area contributed by atoms with Gasteiger partial charge in [-0.2, -0.15) is 0 Å². The van der Waals surface area contributed by atoms with Crippen LogP contribution in [-0.2, 0) is 0 Å². The Morgan fingerprint density at radius 1 is 1.00 bits per heavy atom. The van der Waals surface area contributed by atoms with Crippen molar-refractivity contribution in [2.45, 2.75) is 57.9 Å². The molecule has 1 aromatic rings. The quantitative estimate of drug-likeness (QED) is 0.770. The molecule has 4 bridgehead atoms. The van der Waals surface area contributed by atoms with Gasteiger partial charge in [0.2, 0.25) is 0 Å². The van der Waals surface area contributed by atoms with Crippen molar-refractivity contribution in [1.29, 1.82) is 0 Å². The third-order valence-electron chi connectivity index (χ3n) is 7.06. The number of benzene rings is 1. The topological polar surface area (TPSA) is 24.4 Å². The highest BCUT2D eigenvalue weighted by molar-refractivity contribution is 7.80. The van der Waals surface area contributed by atoms with E-state index in [4.69, 9.17) is 17.2 Å². The summed E-state index contributed by atoms with van der Waals surface area (Å²) in [4.78, 5) is 4.90. The number of hydrogen-bond donors (Lipinski definition) is 1. The molecule has 1 heterocycles. The van der Waals surface area contributed by atoms with Crippen molar-refractivity contribution in [3.8, 4) is 0 Å². The molecule has 24 heavy (non-hydrogen) atoms. The van der Waals surface area contributed by atoms with E-state index in [0.717, 1.165) is 24.2 Å². The number of aliphatic imine (C=N–C) groups is 1. The van der Waals surface area contributed by atoms with E-state index in [1.54, 1.807) is 0 Å². The van der Waals surface area contributed by atoms with Gasteiger partial charge in [0, 0.05) is 17.5 Å². The Labute approximate surface area is 150 Å². The Hall–Kier alpha value is -1.22. The maximum atomic E-state index is 5.54. The van der Waals surface area contributed by atoms with Crippen molar-refractivity contribution in [1.82, 2.24) is 5.32 Å². The fraction of sp³-hybridized carbons (Fsp3) is 0.619. The lowest BCUT2D eigenvalue weighted by Crippen LogP contribution is -2.52. The number of thiocarbonyl (C=S) groups is 1. The number of nitrogens with one attached hydrogen (secondary N) is 1. The van der Waals surface area contributed by atoms with Crippen LogP contribution in [-0.4, -0.2) is 10.8 Å². The normalized spacial score (nSPS) is 40.4. The van der Waals surface area contributed by atoms with Gasteiger partial charge in [0.25, 0.3) is 0 Å². The largest absolute Gasteiger partial charge is 0.354 e.